The monoisotopic (exact) mass is 379 g/mol. The number of carboxylic acid groups (broad SMARTS) is 1. The van der Waals surface area contributed by atoms with Crippen molar-refractivity contribution in [1.82, 2.24) is 15.3 Å². The Hall–Kier alpha value is -3.81. The molecule has 142 valence electrons. The lowest BCUT2D eigenvalue weighted by molar-refractivity contribution is -0.139. The summed E-state index contributed by atoms with van der Waals surface area (Å²) in [5.74, 6) is -1.92. The summed E-state index contributed by atoms with van der Waals surface area (Å²) in [6.07, 6.45) is 1.49. The number of hydrogen-bond donors (Lipinski definition) is 2. The first-order valence-corrected chi connectivity index (χ1v) is 8.45. The third-order valence-corrected chi connectivity index (χ3v) is 3.89. The number of para-hydroxylation sites is 2. The molecule has 1 atom stereocenters. The normalized spacial score (nSPS) is 11.6. The number of hydrogen-bond acceptors (Lipinski definition) is 6. The fourth-order valence-electron chi connectivity index (χ4n) is 2.58. The lowest BCUT2D eigenvalue weighted by Crippen LogP contribution is -2.42. The molecule has 0 saturated carbocycles. The van der Waals surface area contributed by atoms with Crippen molar-refractivity contribution in [3.63, 3.8) is 0 Å². The minimum atomic E-state index is -1.18. The van der Waals surface area contributed by atoms with E-state index in [0.29, 0.717) is 22.5 Å². The van der Waals surface area contributed by atoms with Crippen molar-refractivity contribution in [3.05, 3.63) is 66.0 Å². The van der Waals surface area contributed by atoms with Gasteiger partial charge in [-0.2, -0.15) is 0 Å². The number of rotatable bonds is 6. The number of fused-ring (bicyclic) bond motifs is 1. The van der Waals surface area contributed by atoms with E-state index in [0.717, 1.165) is 0 Å². The number of carbonyl (C=O) groups excluding carboxylic acids is 2. The molecule has 0 aliphatic carbocycles. The molecule has 0 unspecified atom stereocenters. The summed E-state index contributed by atoms with van der Waals surface area (Å²) in [5, 5.41) is 11.9. The number of carboxylic acids is 1. The van der Waals surface area contributed by atoms with Crippen LogP contribution >= 0.6 is 0 Å². The van der Waals surface area contributed by atoms with E-state index in [9.17, 15) is 19.5 Å². The Balaban J connectivity index is 1.72. The molecule has 2 aromatic carbocycles. The molecular formula is C20H17N3O5. The second-order valence-corrected chi connectivity index (χ2v) is 6.04. The Labute approximate surface area is 160 Å². The molecule has 2 N–H and O–H groups in total. The SMILES string of the molecule is CC(=O)Oc1ccc(C(=O)N[C@H](Cc2cnc3ccccc3n2)C(=O)O)cc1. The lowest BCUT2D eigenvalue weighted by Gasteiger charge is -2.14. The Morgan fingerprint density at radius 3 is 2.39 bits per heavy atom. The van der Waals surface area contributed by atoms with Crippen LogP contribution in [0.4, 0.5) is 0 Å². The first-order chi connectivity index (χ1) is 13.4. The van der Waals surface area contributed by atoms with Gasteiger partial charge in [-0.15, -0.1) is 0 Å². The number of aromatic nitrogens is 2. The van der Waals surface area contributed by atoms with Gasteiger partial charge in [-0.3, -0.25) is 14.6 Å². The molecule has 0 fully saturated rings. The van der Waals surface area contributed by atoms with Gasteiger partial charge in [0.2, 0.25) is 0 Å². The minimum Gasteiger partial charge on any atom is -0.480 e. The van der Waals surface area contributed by atoms with Gasteiger partial charge in [0, 0.05) is 25.1 Å². The first kappa shape index (κ1) is 19.0. The Morgan fingerprint density at radius 2 is 1.75 bits per heavy atom. The molecule has 0 bridgehead atoms. The van der Waals surface area contributed by atoms with Crippen molar-refractivity contribution < 1.29 is 24.2 Å². The van der Waals surface area contributed by atoms with Gasteiger partial charge in [-0.05, 0) is 36.4 Å². The highest BCUT2D eigenvalue weighted by Crippen LogP contribution is 2.13. The van der Waals surface area contributed by atoms with E-state index in [1.165, 1.54) is 37.4 Å². The second kappa shape index (κ2) is 8.26. The quantitative estimate of drug-likeness (QED) is 0.496. The molecule has 0 spiro atoms. The average Bonchev–Trinajstić information content (AvgIpc) is 2.67. The Bertz CT molecular complexity index is 1030. The Kier molecular flexibility index (Phi) is 5.59. The van der Waals surface area contributed by atoms with E-state index >= 15 is 0 Å². The fraction of sp³-hybridized carbons (Fsp3) is 0.150. The van der Waals surface area contributed by atoms with E-state index in [4.69, 9.17) is 4.74 Å². The van der Waals surface area contributed by atoms with Crippen molar-refractivity contribution >= 4 is 28.9 Å². The van der Waals surface area contributed by atoms with Crippen molar-refractivity contribution in [3.8, 4) is 5.75 Å². The topological polar surface area (TPSA) is 118 Å². The number of aliphatic carboxylic acids is 1. The third-order valence-electron chi connectivity index (χ3n) is 3.89. The molecule has 8 nitrogen and oxygen atoms in total. The first-order valence-electron chi connectivity index (χ1n) is 8.45. The molecule has 1 heterocycles. The summed E-state index contributed by atoms with van der Waals surface area (Å²) in [6.45, 7) is 1.27. The van der Waals surface area contributed by atoms with Gasteiger partial charge in [0.15, 0.2) is 0 Å². The van der Waals surface area contributed by atoms with Gasteiger partial charge in [-0.25, -0.2) is 9.78 Å². The Morgan fingerprint density at radius 1 is 1.07 bits per heavy atom. The van der Waals surface area contributed by atoms with Gasteiger partial charge in [0.1, 0.15) is 11.8 Å². The number of esters is 1. The van der Waals surface area contributed by atoms with Crippen LogP contribution < -0.4 is 10.1 Å². The molecule has 3 aromatic rings. The number of nitrogens with zero attached hydrogens (tertiary/aromatic N) is 2. The van der Waals surface area contributed by atoms with Crippen LogP contribution in [0.3, 0.4) is 0 Å². The number of amides is 1. The van der Waals surface area contributed by atoms with Crippen LogP contribution in [-0.2, 0) is 16.0 Å². The van der Waals surface area contributed by atoms with Crippen molar-refractivity contribution in [2.45, 2.75) is 19.4 Å². The van der Waals surface area contributed by atoms with E-state index in [1.54, 1.807) is 6.07 Å². The molecule has 0 aliphatic rings. The molecular weight excluding hydrogens is 362 g/mol. The van der Waals surface area contributed by atoms with Crippen LogP contribution in [0.25, 0.3) is 11.0 Å². The largest absolute Gasteiger partial charge is 0.480 e. The smallest absolute Gasteiger partial charge is 0.326 e. The third kappa shape index (κ3) is 4.67. The number of ether oxygens (including phenoxy) is 1. The van der Waals surface area contributed by atoms with E-state index < -0.39 is 23.9 Å². The summed E-state index contributed by atoms with van der Waals surface area (Å²) < 4.78 is 4.90. The summed E-state index contributed by atoms with van der Waals surface area (Å²) in [5.41, 5.74) is 2.05. The van der Waals surface area contributed by atoms with Crippen LogP contribution in [0.2, 0.25) is 0 Å². The molecule has 3 rings (SSSR count). The summed E-state index contributed by atoms with van der Waals surface area (Å²) >= 11 is 0. The van der Waals surface area contributed by atoms with Gasteiger partial charge in [0.25, 0.3) is 5.91 Å². The number of carbonyl (C=O) groups is 3. The molecule has 1 aromatic heterocycles. The van der Waals surface area contributed by atoms with Crippen molar-refractivity contribution in [2.24, 2.45) is 0 Å². The zero-order valence-electron chi connectivity index (χ0n) is 15.0. The van der Waals surface area contributed by atoms with Gasteiger partial charge in [-0.1, -0.05) is 12.1 Å². The summed E-state index contributed by atoms with van der Waals surface area (Å²) in [4.78, 5) is 43.5. The van der Waals surface area contributed by atoms with Crippen molar-refractivity contribution in [2.75, 3.05) is 0 Å². The molecule has 0 radical (unpaired) electrons. The molecule has 0 aliphatic heterocycles. The van der Waals surface area contributed by atoms with E-state index in [1.807, 2.05) is 18.2 Å². The maximum absolute atomic E-state index is 12.4. The zero-order chi connectivity index (χ0) is 20.1. The molecule has 28 heavy (non-hydrogen) atoms. The average molecular weight is 379 g/mol. The van der Waals surface area contributed by atoms with Crippen LogP contribution in [-0.4, -0.2) is 39.0 Å². The van der Waals surface area contributed by atoms with Crippen molar-refractivity contribution in [1.29, 1.82) is 0 Å². The van der Waals surface area contributed by atoms with Gasteiger partial charge in [0.05, 0.1) is 16.7 Å². The maximum Gasteiger partial charge on any atom is 0.326 e. The highest BCUT2D eigenvalue weighted by Gasteiger charge is 2.22. The molecule has 8 heteroatoms. The predicted octanol–water partition coefficient (Wildman–Crippen LogP) is 1.98. The standard InChI is InChI=1S/C20H17N3O5/c1-12(24)28-15-8-6-13(7-9-15)19(25)23-18(20(26)27)10-14-11-21-16-4-2-3-5-17(16)22-14/h2-9,11,18H,10H2,1H3,(H,23,25)(H,26,27)/t18-/m1/s1. The lowest BCUT2D eigenvalue weighted by atomic mass is 10.1. The van der Waals surface area contributed by atoms with Gasteiger partial charge < -0.3 is 15.2 Å². The maximum atomic E-state index is 12.4. The summed E-state index contributed by atoms with van der Waals surface area (Å²) in [7, 11) is 0. The second-order valence-electron chi connectivity index (χ2n) is 6.04. The van der Waals surface area contributed by atoms with Crippen LogP contribution in [0.1, 0.15) is 23.0 Å². The van der Waals surface area contributed by atoms with Crippen LogP contribution in [0.5, 0.6) is 5.75 Å². The molecule has 0 saturated heterocycles. The van der Waals surface area contributed by atoms with Crippen LogP contribution in [0.15, 0.2) is 54.7 Å². The predicted molar refractivity (Wildman–Crippen MR) is 99.9 cm³/mol. The number of nitrogens with one attached hydrogen (secondary N) is 1. The molecule has 1 amide bonds. The fourth-order valence-corrected chi connectivity index (χ4v) is 2.58. The van der Waals surface area contributed by atoms with Gasteiger partial charge >= 0.3 is 11.9 Å². The zero-order valence-corrected chi connectivity index (χ0v) is 15.0. The summed E-state index contributed by atoms with van der Waals surface area (Å²) in [6, 6.07) is 11.9. The number of benzene rings is 2. The van der Waals surface area contributed by atoms with Crippen LogP contribution in [0, 0.1) is 0 Å². The highest BCUT2D eigenvalue weighted by molar-refractivity contribution is 5.96. The highest BCUT2D eigenvalue weighted by atomic mass is 16.5. The van der Waals surface area contributed by atoms with E-state index in [-0.39, 0.29) is 12.0 Å². The van der Waals surface area contributed by atoms with E-state index in [2.05, 4.69) is 15.3 Å². The minimum absolute atomic E-state index is 0.00949.